The van der Waals surface area contributed by atoms with Gasteiger partial charge in [-0.2, -0.15) is 0 Å². The smallest absolute Gasteiger partial charge is 0.0972 e. The molecule has 0 radical (unpaired) electrons. The van der Waals surface area contributed by atoms with Crippen molar-refractivity contribution in [3.8, 4) is 0 Å². The summed E-state index contributed by atoms with van der Waals surface area (Å²) in [5.41, 5.74) is 1.72. The van der Waals surface area contributed by atoms with Crippen molar-refractivity contribution in [2.24, 2.45) is 0 Å². The Labute approximate surface area is 131 Å². The summed E-state index contributed by atoms with van der Waals surface area (Å²) in [6, 6.07) is 10.4. The van der Waals surface area contributed by atoms with Gasteiger partial charge >= 0.3 is 0 Å². The van der Waals surface area contributed by atoms with E-state index in [1.165, 1.54) is 5.56 Å². The molecule has 1 aromatic heterocycles. The summed E-state index contributed by atoms with van der Waals surface area (Å²) in [6.45, 7) is 8.18. The minimum atomic E-state index is -0.668. The van der Waals surface area contributed by atoms with E-state index in [-0.39, 0.29) is 0 Å². The normalized spacial score (nSPS) is 12.0. The van der Waals surface area contributed by atoms with E-state index < -0.39 is 5.60 Å². The highest BCUT2D eigenvalue weighted by Crippen LogP contribution is 2.17. The summed E-state index contributed by atoms with van der Waals surface area (Å²) in [7, 11) is 0. The van der Waals surface area contributed by atoms with Crippen molar-refractivity contribution in [1.29, 1.82) is 0 Å². The van der Waals surface area contributed by atoms with Crippen molar-refractivity contribution in [3.05, 3.63) is 52.0 Å². The molecule has 0 fully saturated rings. The van der Waals surface area contributed by atoms with Crippen LogP contribution in [0.4, 0.5) is 0 Å². The second kappa shape index (κ2) is 7.16. The molecule has 0 aliphatic heterocycles. The number of hydrogen-bond acceptors (Lipinski definition) is 4. The average Bonchev–Trinajstić information content (AvgIpc) is 2.85. The van der Waals surface area contributed by atoms with Crippen molar-refractivity contribution in [1.82, 2.24) is 9.88 Å². The van der Waals surface area contributed by atoms with E-state index in [1.807, 2.05) is 19.9 Å². The summed E-state index contributed by atoms with van der Waals surface area (Å²) >= 11 is 1.71. The van der Waals surface area contributed by atoms with Crippen LogP contribution < -0.4 is 0 Å². The third kappa shape index (κ3) is 5.58. The number of rotatable bonds is 7. The van der Waals surface area contributed by atoms with Crippen molar-refractivity contribution < 1.29 is 5.11 Å². The van der Waals surface area contributed by atoms with Crippen LogP contribution in [0.2, 0.25) is 0 Å². The summed E-state index contributed by atoms with van der Waals surface area (Å²) in [6.07, 6.45) is 0.892. The Balaban J connectivity index is 1.96. The second-order valence-electron chi connectivity index (χ2n) is 6.01. The van der Waals surface area contributed by atoms with Crippen LogP contribution in [0.5, 0.6) is 0 Å². The van der Waals surface area contributed by atoms with Crippen LogP contribution in [-0.4, -0.2) is 33.7 Å². The van der Waals surface area contributed by atoms with E-state index in [2.05, 4.69) is 41.5 Å². The number of hydrogen-bond donors (Lipinski definition) is 1. The van der Waals surface area contributed by atoms with Crippen LogP contribution in [-0.2, 0) is 13.0 Å². The topological polar surface area (TPSA) is 36.4 Å². The molecular weight excluding hydrogens is 280 g/mol. The van der Waals surface area contributed by atoms with Gasteiger partial charge in [-0.1, -0.05) is 37.3 Å². The Kier molecular flexibility index (Phi) is 5.51. The third-order valence-corrected chi connectivity index (χ3v) is 4.14. The Morgan fingerprint density at radius 2 is 1.95 bits per heavy atom. The molecule has 0 spiro atoms. The van der Waals surface area contributed by atoms with Gasteiger partial charge in [0.25, 0.3) is 0 Å². The van der Waals surface area contributed by atoms with Gasteiger partial charge in [-0.15, -0.1) is 11.3 Å². The monoisotopic (exact) mass is 304 g/mol. The first kappa shape index (κ1) is 16.1. The molecule has 1 heterocycles. The maximum Gasteiger partial charge on any atom is 0.0972 e. The number of likely N-dealkylation sites (N-methyl/N-ethyl adjacent to an activating group) is 1. The number of benzene rings is 1. The zero-order valence-electron chi connectivity index (χ0n) is 13.0. The van der Waals surface area contributed by atoms with Crippen LogP contribution in [0.3, 0.4) is 0 Å². The fourth-order valence-corrected chi connectivity index (χ4v) is 3.15. The van der Waals surface area contributed by atoms with Crippen LogP contribution >= 0.6 is 11.3 Å². The molecule has 0 unspecified atom stereocenters. The molecule has 0 aliphatic carbocycles. The van der Waals surface area contributed by atoms with Crippen molar-refractivity contribution in [2.45, 2.75) is 39.3 Å². The summed E-state index contributed by atoms with van der Waals surface area (Å²) in [5, 5.41) is 13.2. The molecule has 21 heavy (non-hydrogen) atoms. The Bertz CT molecular complexity index is 545. The first-order valence-electron chi connectivity index (χ1n) is 7.38. The van der Waals surface area contributed by atoms with Gasteiger partial charge in [0.15, 0.2) is 0 Å². The van der Waals surface area contributed by atoms with Crippen molar-refractivity contribution in [3.63, 3.8) is 0 Å². The lowest BCUT2D eigenvalue weighted by Crippen LogP contribution is -2.38. The first-order valence-corrected chi connectivity index (χ1v) is 8.26. The third-order valence-electron chi connectivity index (χ3n) is 3.24. The molecule has 0 saturated heterocycles. The molecule has 2 aromatic rings. The molecule has 4 heteroatoms. The zero-order valence-corrected chi connectivity index (χ0v) is 13.9. The highest BCUT2D eigenvalue weighted by Gasteiger charge is 2.18. The minimum absolute atomic E-state index is 0.662. The summed E-state index contributed by atoms with van der Waals surface area (Å²) in [5.74, 6) is 0. The van der Waals surface area contributed by atoms with Gasteiger partial charge in [0.2, 0.25) is 0 Å². The van der Waals surface area contributed by atoms with Crippen LogP contribution in [0.15, 0.2) is 35.7 Å². The Morgan fingerprint density at radius 3 is 2.57 bits per heavy atom. The highest BCUT2D eigenvalue weighted by atomic mass is 32.1. The number of thiazole rings is 1. The van der Waals surface area contributed by atoms with Gasteiger partial charge in [-0.3, -0.25) is 4.90 Å². The van der Waals surface area contributed by atoms with Gasteiger partial charge in [-0.05, 0) is 26.0 Å². The fourth-order valence-electron chi connectivity index (χ4n) is 2.33. The average molecular weight is 304 g/mol. The molecular formula is C17H24N2OS. The van der Waals surface area contributed by atoms with E-state index in [0.717, 1.165) is 30.2 Å². The molecule has 0 saturated carbocycles. The summed E-state index contributed by atoms with van der Waals surface area (Å²) < 4.78 is 0. The second-order valence-corrected chi connectivity index (χ2v) is 6.95. The molecule has 1 aromatic carbocycles. The van der Waals surface area contributed by atoms with Crippen molar-refractivity contribution in [2.75, 3.05) is 13.1 Å². The molecule has 0 amide bonds. The summed E-state index contributed by atoms with van der Waals surface area (Å²) in [4.78, 5) is 6.94. The minimum Gasteiger partial charge on any atom is -0.389 e. The van der Waals surface area contributed by atoms with E-state index in [1.54, 1.807) is 11.3 Å². The predicted molar refractivity (Wildman–Crippen MR) is 88.6 cm³/mol. The van der Waals surface area contributed by atoms with E-state index in [0.29, 0.717) is 6.54 Å². The maximum absolute atomic E-state index is 9.94. The van der Waals surface area contributed by atoms with Gasteiger partial charge in [0.05, 0.1) is 16.3 Å². The van der Waals surface area contributed by atoms with Crippen LogP contribution in [0, 0.1) is 0 Å². The lowest BCUT2D eigenvalue weighted by atomic mass is 10.1. The number of nitrogens with zero attached hydrogens (tertiary/aromatic N) is 2. The highest BCUT2D eigenvalue weighted by molar-refractivity contribution is 7.09. The predicted octanol–water partition coefficient (Wildman–Crippen LogP) is 3.33. The lowest BCUT2D eigenvalue weighted by molar-refractivity contribution is 0.0350. The maximum atomic E-state index is 9.94. The Morgan fingerprint density at radius 1 is 1.24 bits per heavy atom. The van der Waals surface area contributed by atoms with Crippen LogP contribution in [0.1, 0.15) is 37.0 Å². The quantitative estimate of drug-likeness (QED) is 0.852. The molecule has 0 atom stereocenters. The Hall–Kier alpha value is -1.23. The van der Waals surface area contributed by atoms with E-state index >= 15 is 0 Å². The molecule has 3 nitrogen and oxygen atoms in total. The standard InChI is InChI=1S/C17H24N2OS/c1-4-19(13-17(2,3)20)11-15-12-21-16(18-15)10-14-8-6-5-7-9-14/h5-9,12,20H,4,10-11,13H2,1-3H3. The number of aromatic nitrogens is 1. The fraction of sp³-hybridized carbons (Fsp3) is 0.471. The molecule has 0 bridgehead atoms. The zero-order chi connectivity index (χ0) is 15.3. The van der Waals surface area contributed by atoms with Gasteiger partial charge in [-0.25, -0.2) is 4.98 Å². The molecule has 114 valence electrons. The van der Waals surface area contributed by atoms with Gasteiger partial charge in [0, 0.05) is 24.9 Å². The molecule has 2 rings (SSSR count). The molecule has 0 aliphatic rings. The largest absolute Gasteiger partial charge is 0.389 e. The lowest BCUT2D eigenvalue weighted by Gasteiger charge is -2.27. The van der Waals surface area contributed by atoms with Gasteiger partial charge in [0.1, 0.15) is 0 Å². The van der Waals surface area contributed by atoms with Crippen LogP contribution in [0.25, 0.3) is 0 Å². The van der Waals surface area contributed by atoms with E-state index in [4.69, 9.17) is 4.98 Å². The molecule has 1 N–H and O–H groups in total. The van der Waals surface area contributed by atoms with E-state index in [9.17, 15) is 5.11 Å². The first-order chi connectivity index (χ1) is 9.96. The van der Waals surface area contributed by atoms with Gasteiger partial charge < -0.3 is 5.11 Å². The SMILES string of the molecule is CCN(Cc1csc(Cc2ccccc2)n1)CC(C)(C)O. The van der Waals surface area contributed by atoms with Crippen molar-refractivity contribution >= 4 is 11.3 Å². The number of aliphatic hydroxyl groups is 1.